The third-order valence-electron chi connectivity index (χ3n) is 13.1. The van der Waals surface area contributed by atoms with Gasteiger partial charge in [0.2, 0.25) is 0 Å². The molecule has 0 aromatic heterocycles. The summed E-state index contributed by atoms with van der Waals surface area (Å²) in [5.41, 5.74) is 9.96. The van der Waals surface area contributed by atoms with Crippen molar-refractivity contribution in [1.82, 2.24) is 0 Å². The molecule has 434 valence electrons. The molecule has 0 atom stereocenters. The van der Waals surface area contributed by atoms with Crippen LogP contribution in [0.25, 0.3) is 0 Å². The first-order chi connectivity index (χ1) is 39.9. The average Bonchev–Trinajstić information content (AvgIpc) is 3.66. The topological polar surface area (TPSA) is 211 Å². The largest absolute Gasteiger partial charge is 0.371 e. The van der Waals surface area contributed by atoms with Crippen molar-refractivity contribution in [2.24, 2.45) is 0 Å². The summed E-state index contributed by atoms with van der Waals surface area (Å²) in [5.74, 6) is 0. The number of hydrogen-bond donors (Lipinski definition) is 1. The van der Waals surface area contributed by atoms with Crippen LogP contribution < -0.4 is 29.4 Å². The molecule has 0 saturated heterocycles. The Labute approximate surface area is 484 Å². The van der Waals surface area contributed by atoms with Crippen LogP contribution in [0.3, 0.4) is 0 Å². The van der Waals surface area contributed by atoms with E-state index in [-0.39, 0.29) is 0 Å². The Kier molecular flexibility index (Phi) is 27.0. The average molecular weight is 1160 g/mol. The third-order valence-corrected chi connectivity index (χ3v) is 13.1. The summed E-state index contributed by atoms with van der Waals surface area (Å²) in [7, 11) is -10.7. The Morgan fingerprint density at radius 1 is 0.265 bits per heavy atom. The van der Waals surface area contributed by atoms with Crippen molar-refractivity contribution in [3.8, 4) is 48.6 Å². The van der Waals surface area contributed by atoms with Gasteiger partial charge in [-0.2, -0.15) is 42.1 Å². The molecule has 0 saturated carbocycles. The third kappa shape index (κ3) is 25.1. The molecule has 0 aliphatic carbocycles. The molecule has 5 rings (SSSR count). The number of unbranched alkanes of at least 4 members (excludes halogenated alkanes) is 8. The summed E-state index contributed by atoms with van der Waals surface area (Å²) >= 11 is 0. The second-order valence-electron chi connectivity index (χ2n) is 19.4. The van der Waals surface area contributed by atoms with Crippen molar-refractivity contribution in [1.29, 1.82) is 42.1 Å². The molecular weight excluding hydrogens is 1090 g/mol. The van der Waals surface area contributed by atoms with Gasteiger partial charge in [-0.3, -0.25) is 0 Å². The summed E-state index contributed by atoms with van der Waals surface area (Å²) in [6.07, 6.45) is 9.47. The van der Waals surface area contributed by atoms with Crippen LogP contribution in [0.1, 0.15) is 103 Å². The van der Waals surface area contributed by atoms with Crippen LogP contribution in [-0.4, -0.2) is 52.4 Å². The first kappa shape index (κ1) is 66.5. The molecule has 0 fully saturated rings. The molecule has 0 amide bonds. The number of nitriles is 8. The molecule has 5 aromatic rings. The fourth-order valence-electron chi connectivity index (χ4n) is 9.30. The van der Waals surface area contributed by atoms with Gasteiger partial charge in [-0.25, -0.2) is 4.90 Å². The van der Waals surface area contributed by atoms with Gasteiger partial charge in [0.15, 0.2) is 0 Å². The van der Waals surface area contributed by atoms with E-state index in [1.807, 2.05) is 0 Å². The fraction of sp³-hybridized carbons (Fsp3) is 0.387. The zero-order chi connectivity index (χ0) is 60.4. The van der Waals surface area contributed by atoms with E-state index >= 15 is 0 Å². The summed E-state index contributed by atoms with van der Waals surface area (Å²) in [5, 5.41) is 74.3. The number of hydrogen-bond acceptors (Lipinski definition) is 13. The van der Waals surface area contributed by atoms with Crippen molar-refractivity contribution in [2.75, 3.05) is 76.9 Å². The molecule has 0 aliphatic rings. The molecule has 0 bridgehead atoms. The van der Waals surface area contributed by atoms with Crippen LogP contribution >= 0.6 is 7.81 Å². The van der Waals surface area contributed by atoms with E-state index in [0.29, 0.717) is 104 Å². The zero-order valence-corrected chi connectivity index (χ0v) is 47.4. The first-order valence-electron chi connectivity index (χ1n) is 27.6. The van der Waals surface area contributed by atoms with Gasteiger partial charge < -0.3 is 24.5 Å². The SMILES string of the molecule is F[P-](F)(F)(F)(F)F.N#CCCCN(CCCC#N)c1ccc(N(c2ccc(N(CCCC#N)CCCC#N)cc2)c2ccc([NH+](c3ccc(N(CCCC#N)CCCC#N)cc3)c3ccc(N(CCCC#N)CCCC#N)cc3)cc2)cc1. The van der Waals surface area contributed by atoms with Gasteiger partial charge in [-0.1, -0.05) is 0 Å². The van der Waals surface area contributed by atoms with Crippen molar-refractivity contribution < 1.29 is 30.1 Å². The van der Waals surface area contributed by atoms with Crippen molar-refractivity contribution >= 4 is 64.7 Å². The van der Waals surface area contributed by atoms with Crippen LogP contribution in [0.4, 0.5) is 82.1 Å². The van der Waals surface area contributed by atoms with E-state index in [2.05, 4.69) is 194 Å². The molecule has 83 heavy (non-hydrogen) atoms. The second-order valence-corrected chi connectivity index (χ2v) is 21.3. The summed E-state index contributed by atoms with van der Waals surface area (Å²) in [4.78, 5) is 12.3. The van der Waals surface area contributed by atoms with E-state index in [4.69, 9.17) is 0 Å². The zero-order valence-electron chi connectivity index (χ0n) is 46.5. The van der Waals surface area contributed by atoms with Crippen LogP contribution in [0.15, 0.2) is 121 Å². The standard InChI is InChI=1S/C62H68N14.F6P/c63-37-1-9-45-71(46-10-2-38-64)53-17-25-57(26-18-53)75(58-27-19-54(20-28-58)72(47-11-3-39-65)48-12-4-40-66)61-33-35-62(36-34-61)76(59-29-21-55(22-30-59)73(49-13-5-41-67)50-14-6-42-68)60-31-23-56(24-32-60)74(51-15-7-43-69)52-16-8-44-70;1-7(2,3,4,5)6/h17-36H,1-16,45-52H2;/q;-1/p+1. The quantitative estimate of drug-likeness (QED) is 0.0231. The summed E-state index contributed by atoms with van der Waals surface area (Å²) in [6.45, 7) is 5.69. The smallest absolute Gasteiger partial charge is 0.141 e. The molecule has 0 heterocycles. The molecule has 0 unspecified atom stereocenters. The predicted octanol–water partition coefficient (Wildman–Crippen LogP) is 16.4. The maximum atomic E-state index is 9.87. The van der Waals surface area contributed by atoms with E-state index in [1.165, 1.54) is 0 Å². The van der Waals surface area contributed by atoms with Gasteiger partial charge in [0.25, 0.3) is 0 Å². The van der Waals surface area contributed by atoms with Crippen molar-refractivity contribution in [2.45, 2.75) is 103 Å². The number of benzene rings is 5. The number of quaternary nitrogens is 1. The van der Waals surface area contributed by atoms with E-state index < -0.39 is 7.81 Å². The Morgan fingerprint density at radius 2 is 0.410 bits per heavy atom. The van der Waals surface area contributed by atoms with Crippen molar-refractivity contribution in [3.63, 3.8) is 0 Å². The molecule has 21 heteroatoms. The minimum Gasteiger partial charge on any atom is -0.371 e. The molecule has 0 spiro atoms. The first-order valence-corrected chi connectivity index (χ1v) is 29.6. The monoisotopic (exact) mass is 1150 g/mol. The van der Waals surface area contributed by atoms with Crippen LogP contribution in [0.2, 0.25) is 0 Å². The predicted molar refractivity (Wildman–Crippen MR) is 315 cm³/mol. The number of nitrogens with one attached hydrogen (secondary N) is 1. The Morgan fingerprint density at radius 3 is 0.578 bits per heavy atom. The number of rotatable bonds is 34. The fourth-order valence-corrected chi connectivity index (χ4v) is 9.30. The Hall–Kier alpha value is -9.01. The van der Waals surface area contributed by atoms with Gasteiger partial charge >= 0.3 is 33.0 Å². The Balaban J connectivity index is 0.00000198. The number of halogens is 6. The van der Waals surface area contributed by atoms with Gasteiger partial charge in [0, 0.05) is 180 Å². The normalized spacial score (nSPS) is 11.4. The second kappa shape index (κ2) is 33.7. The molecule has 1 N–H and O–H groups in total. The molecular formula is C62H69F6N14P. The van der Waals surface area contributed by atoms with Gasteiger partial charge in [-0.15, -0.1) is 0 Å². The Bertz CT molecular complexity index is 2650. The summed E-state index contributed by atoms with van der Waals surface area (Å²) in [6, 6.07) is 60.7. The molecule has 5 aromatic carbocycles. The minimum absolute atomic E-state index is 0.455. The van der Waals surface area contributed by atoms with Gasteiger partial charge in [-0.05, 0) is 136 Å². The number of anilines is 7. The van der Waals surface area contributed by atoms with Gasteiger partial charge in [0.05, 0.1) is 48.6 Å². The van der Waals surface area contributed by atoms with E-state index in [1.54, 1.807) is 0 Å². The molecule has 0 aliphatic heterocycles. The number of nitrogens with zero attached hydrogens (tertiary/aromatic N) is 13. The van der Waals surface area contributed by atoms with Gasteiger partial charge in [0.1, 0.15) is 17.1 Å². The summed E-state index contributed by atoms with van der Waals surface area (Å²) < 4.78 is 59.2. The minimum atomic E-state index is -10.7. The van der Waals surface area contributed by atoms with Crippen LogP contribution in [0, 0.1) is 90.6 Å². The molecule has 0 radical (unpaired) electrons. The van der Waals surface area contributed by atoms with Crippen molar-refractivity contribution in [3.05, 3.63) is 121 Å². The van der Waals surface area contributed by atoms with Crippen LogP contribution in [0.5, 0.6) is 0 Å². The molecule has 14 nitrogen and oxygen atoms in total. The maximum absolute atomic E-state index is 10.7. The van der Waals surface area contributed by atoms with Crippen LogP contribution in [-0.2, 0) is 0 Å². The van der Waals surface area contributed by atoms with E-state index in [9.17, 15) is 67.3 Å². The van der Waals surface area contributed by atoms with E-state index in [0.717, 1.165) is 113 Å². The maximum Gasteiger partial charge on any atom is 0.141 e.